The maximum atomic E-state index is 12.8. The number of aliphatic carboxylic acids is 1. The average Bonchev–Trinajstić information content (AvgIpc) is 2.95. The molecule has 0 radical (unpaired) electrons. The minimum Gasteiger partial charge on any atom is -0.490 e. The second kappa shape index (κ2) is 10.5. The molecule has 2 amide bonds. The van der Waals surface area contributed by atoms with E-state index in [2.05, 4.69) is 31.9 Å². The number of carbonyl (C=O) groups excluding carboxylic acids is 2. The first-order valence-corrected chi connectivity index (χ1v) is 11.5. The van der Waals surface area contributed by atoms with Gasteiger partial charge in [0, 0.05) is 10.0 Å². The van der Waals surface area contributed by atoms with Crippen LogP contribution in [0.2, 0.25) is 5.02 Å². The van der Waals surface area contributed by atoms with Gasteiger partial charge in [-0.1, -0.05) is 39.7 Å². The maximum absolute atomic E-state index is 12.8. The predicted octanol–water partition coefficient (Wildman–Crippen LogP) is 5.44. The fourth-order valence-corrected chi connectivity index (χ4v) is 5.04. The molecule has 0 unspecified atom stereocenters. The molecule has 1 fully saturated rings. The molecule has 1 saturated heterocycles. The summed E-state index contributed by atoms with van der Waals surface area (Å²) in [5, 5.41) is 8.90. The monoisotopic (exact) mass is 589 g/mol. The van der Waals surface area contributed by atoms with Crippen molar-refractivity contribution in [2.75, 3.05) is 19.8 Å². The second-order valence-corrected chi connectivity index (χ2v) is 9.27. The van der Waals surface area contributed by atoms with Gasteiger partial charge in [-0.05, 0) is 58.0 Å². The molecule has 0 bridgehead atoms. The standard InChI is InChI=1S/C20H14Br2ClNO6S/c21-12-7-11(18(13(22)9-12)30-10-17(25)26)8-16-19(27)24(20(28)31-16)5-6-29-15-4-2-1-3-14(15)23/h1-4,7-9H,5-6,10H2,(H,25,26)/b16-8-. The summed E-state index contributed by atoms with van der Waals surface area (Å²) in [7, 11) is 0. The number of halogens is 3. The molecule has 2 aromatic rings. The van der Waals surface area contributed by atoms with E-state index in [0.717, 1.165) is 16.7 Å². The van der Waals surface area contributed by atoms with Crippen molar-refractivity contribution >= 4 is 78.4 Å². The smallest absolute Gasteiger partial charge is 0.341 e. The summed E-state index contributed by atoms with van der Waals surface area (Å²) in [5.41, 5.74) is 0.445. The lowest BCUT2D eigenvalue weighted by molar-refractivity contribution is -0.139. The van der Waals surface area contributed by atoms with Gasteiger partial charge >= 0.3 is 5.97 Å². The van der Waals surface area contributed by atoms with E-state index in [1.807, 2.05) is 0 Å². The Morgan fingerprint density at radius 3 is 2.65 bits per heavy atom. The summed E-state index contributed by atoms with van der Waals surface area (Å²) < 4.78 is 12.1. The van der Waals surface area contributed by atoms with Crippen LogP contribution in [-0.4, -0.2) is 46.9 Å². The Kier molecular flexibility index (Phi) is 8.04. The minimum atomic E-state index is -1.14. The predicted molar refractivity (Wildman–Crippen MR) is 125 cm³/mol. The molecule has 0 aliphatic carbocycles. The van der Waals surface area contributed by atoms with E-state index in [0.29, 0.717) is 25.3 Å². The molecule has 0 atom stereocenters. The van der Waals surface area contributed by atoms with Gasteiger partial charge in [-0.15, -0.1) is 0 Å². The number of benzene rings is 2. The first-order chi connectivity index (χ1) is 14.8. The number of para-hydroxylation sites is 1. The maximum Gasteiger partial charge on any atom is 0.341 e. The van der Waals surface area contributed by atoms with Gasteiger partial charge in [0.1, 0.15) is 18.1 Å². The molecule has 0 aromatic heterocycles. The molecule has 0 spiro atoms. The number of hydrogen-bond acceptors (Lipinski definition) is 6. The molecule has 1 heterocycles. The van der Waals surface area contributed by atoms with E-state index < -0.39 is 23.7 Å². The summed E-state index contributed by atoms with van der Waals surface area (Å²) in [6, 6.07) is 10.3. The molecule has 7 nitrogen and oxygen atoms in total. The summed E-state index contributed by atoms with van der Waals surface area (Å²) >= 11 is 13.5. The van der Waals surface area contributed by atoms with E-state index in [1.54, 1.807) is 36.4 Å². The van der Waals surface area contributed by atoms with Crippen LogP contribution < -0.4 is 9.47 Å². The third-order valence-electron chi connectivity index (χ3n) is 3.95. The molecular weight excluding hydrogens is 578 g/mol. The number of carboxylic acid groups (broad SMARTS) is 1. The number of hydrogen-bond donors (Lipinski definition) is 1. The summed E-state index contributed by atoms with van der Waals surface area (Å²) in [5.74, 6) is -0.900. The highest BCUT2D eigenvalue weighted by atomic mass is 79.9. The van der Waals surface area contributed by atoms with Gasteiger partial charge in [0.05, 0.1) is 20.9 Å². The van der Waals surface area contributed by atoms with Crippen LogP contribution in [0.3, 0.4) is 0 Å². The second-order valence-electron chi connectivity index (χ2n) is 6.10. The first kappa shape index (κ1) is 23.6. The van der Waals surface area contributed by atoms with Crippen LogP contribution in [0.1, 0.15) is 5.56 Å². The molecule has 3 rings (SSSR count). The Hall–Kier alpha value is -2.01. The number of imide groups is 1. The summed E-state index contributed by atoms with van der Waals surface area (Å²) in [6.07, 6.45) is 1.49. The number of rotatable bonds is 8. The quantitative estimate of drug-likeness (QED) is 0.409. The molecule has 162 valence electrons. The van der Waals surface area contributed by atoms with Gasteiger partial charge in [-0.3, -0.25) is 14.5 Å². The van der Waals surface area contributed by atoms with Crippen molar-refractivity contribution in [1.82, 2.24) is 4.90 Å². The zero-order valence-corrected chi connectivity index (χ0v) is 20.4. The molecule has 1 aliphatic rings. The van der Waals surface area contributed by atoms with E-state index in [1.165, 1.54) is 6.08 Å². The molecule has 11 heteroatoms. The SMILES string of the molecule is O=C(O)COc1c(Br)cc(Br)cc1/C=C1\SC(=O)N(CCOc2ccccc2Cl)C1=O. The van der Waals surface area contributed by atoms with Gasteiger partial charge in [0.2, 0.25) is 0 Å². The first-order valence-electron chi connectivity index (χ1n) is 8.72. The fourth-order valence-electron chi connectivity index (χ4n) is 2.62. The van der Waals surface area contributed by atoms with Gasteiger partial charge in [-0.25, -0.2) is 4.79 Å². The fraction of sp³-hybridized carbons (Fsp3) is 0.150. The lowest BCUT2D eigenvalue weighted by Gasteiger charge is -2.14. The van der Waals surface area contributed by atoms with Crippen LogP contribution in [0.25, 0.3) is 6.08 Å². The van der Waals surface area contributed by atoms with E-state index in [4.69, 9.17) is 26.2 Å². The zero-order chi connectivity index (χ0) is 22.5. The van der Waals surface area contributed by atoms with E-state index >= 15 is 0 Å². The van der Waals surface area contributed by atoms with E-state index in [9.17, 15) is 14.4 Å². The summed E-state index contributed by atoms with van der Waals surface area (Å²) in [6.45, 7) is -0.413. The largest absolute Gasteiger partial charge is 0.490 e. The highest BCUT2D eigenvalue weighted by Crippen LogP contribution is 2.38. The zero-order valence-electron chi connectivity index (χ0n) is 15.6. The Morgan fingerprint density at radius 1 is 1.19 bits per heavy atom. The Balaban J connectivity index is 1.75. The third-order valence-corrected chi connectivity index (χ3v) is 6.21. The van der Waals surface area contributed by atoms with Crippen LogP contribution in [0.5, 0.6) is 11.5 Å². The molecule has 1 N–H and O–H groups in total. The molecular formula is C20H14Br2ClNO6S. The molecule has 2 aromatic carbocycles. The molecule has 1 aliphatic heterocycles. The van der Waals surface area contributed by atoms with Gasteiger partial charge in [0.15, 0.2) is 6.61 Å². The number of thioether (sulfide) groups is 1. The highest BCUT2D eigenvalue weighted by Gasteiger charge is 2.35. The highest BCUT2D eigenvalue weighted by molar-refractivity contribution is 9.11. The van der Waals surface area contributed by atoms with Crippen molar-refractivity contribution < 1.29 is 29.0 Å². The van der Waals surface area contributed by atoms with Crippen LogP contribution in [-0.2, 0) is 9.59 Å². The third kappa shape index (κ3) is 6.03. The van der Waals surface area contributed by atoms with Gasteiger partial charge in [-0.2, -0.15) is 0 Å². The van der Waals surface area contributed by atoms with Gasteiger partial charge < -0.3 is 14.6 Å². The van der Waals surface area contributed by atoms with Crippen LogP contribution in [0.15, 0.2) is 50.2 Å². The number of amides is 2. The average molecular weight is 592 g/mol. The van der Waals surface area contributed by atoms with Crippen molar-refractivity contribution in [3.63, 3.8) is 0 Å². The van der Waals surface area contributed by atoms with Crippen LogP contribution in [0.4, 0.5) is 4.79 Å². The van der Waals surface area contributed by atoms with Crippen LogP contribution in [0, 0.1) is 0 Å². The lowest BCUT2D eigenvalue weighted by atomic mass is 10.2. The summed E-state index contributed by atoms with van der Waals surface area (Å²) in [4.78, 5) is 37.2. The number of carboxylic acids is 1. The topological polar surface area (TPSA) is 93.1 Å². The van der Waals surface area contributed by atoms with E-state index in [-0.39, 0.29) is 23.8 Å². The van der Waals surface area contributed by atoms with Crippen LogP contribution >= 0.6 is 55.2 Å². The number of nitrogens with zero attached hydrogens (tertiary/aromatic N) is 1. The molecule has 31 heavy (non-hydrogen) atoms. The van der Waals surface area contributed by atoms with Crippen molar-refractivity contribution in [1.29, 1.82) is 0 Å². The van der Waals surface area contributed by atoms with Crippen molar-refractivity contribution in [2.24, 2.45) is 0 Å². The molecule has 0 saturated carbocycles. The van der Waals surface area contributed by atoms with Crippen molar-refractivity contribution in [3.8, 4) is 11.5 Å². The minimum absolute atomic E-state index is 0.0534. The van der Waals surface area contributed by atoms with Gasteiger partial charge in [0.25, 0.3) is 11.1 Å². The number of carbonyl (C=O) groups is 3. The van der Waals surface area contributed by atoms with Crippen molar-refractivity contribution in [2.45, 2.75) is 0 Å². The Morgan fingerprint density at radius 2 is 1.94 bits per heavy atom. The van der Waals surface area contributed by atoms with Crippen molar-refractivity contribution in [3.05, 3.63) is 60.8 Å². The number of ether oxygens (including phenoxy) is 2. The Labute approximate surface area is 203 Å². The Bertz CT molecular complexity index is 1080. The lowest BCUT2D eigenvalue weighted by Crippen LogP contribution is -2.32. The normalized spacial score (nSPS) is 14.9.